The summed E-state index contributed by atoms with van der Waals surface area (Å²) >= 11 is 0. The number of hydrogen-bond acceptors (Lipinski definition) is 0. The molecule has 0 fully saturated rings. The Bertz CT molecular complexity index is 103. The number of unbranched alkanes of at least 4 members (excludes halogenated alkanes) is 1. The minimum Gasteiger partial charge on any atom is -0.0654 e. The molecule has 1 unspecified atom stereocenters. The Kier molecular flexibility index (Phi) is 5.61. The van der Waals surface area contributed by atoms with Crippen LogP contribution in [0.5, 0.6) is 0 Å². The van der Waals surface area contributed by atoms with Gasteiger partial charge in [0.25, 0.3) is 0 Å². The second kappa shape index (κ2) is 5.61. The minimum atomic E-state index is 0.522. The molecular weight excluding hydrogens is 144 g/mol. The van der Waals surface area contributed by atoms with E-state index in [0.717, 1.165) is 12.3 Å². The Morgan fingerprint density at radius 2 is 1.92 bits per heavy atom. The third-order valence-electron chi connectivity index (χ3n) is 3.15. The molecule has 0 heterocycles. The van der Waals surface area contributed by atoms with Crippen LogP contribution in [0.15, 0.2) is 0 Å². The highest BCUT2D eigenvalue weighted by atomic mass is 14.3. The largest absolute Gasteiger partial charge is 0.0654 e. The van der Waals surface area contributed by atoms with Crippen LogP contribution in [0.2, 0.25) is 0 Å². The van der Waals surface area contributed by atoms with Crippen LogP contribution in [-0.4, -0.2) is 0 Å². The molecule has 0 aliphatic heterocycles. The van der Waals surface area contributed by atoms with Crippen molar-refractivity contribution in [1.82, 2.24) is 0 Å². The fourth-order valence-corrected chi connectivity index (χ4v) is 1.58. The van der Waals surface area contributed by atoms with E-state index in [-0.39, 0.29) is 0 Å². The van der Waals surface area contributed by atoms with Crippen molar-refractivity contribution in [2.45, 2.75) is 59.8 Å². The van der Waals surface area contributed by atoms with Crippen LogP contribution in [-0.2, 0) is 0 Å². The van der Waals surface area contributed by atoms with Crippen LogP contribution in [0.3, 0.4) is 0 Å². The van der Waals surface area contributed by atoms with Gasteiger partial charge in [-0.3, -0.25) is 0 Å². The van der Waals surface area contributed by atoms with E-state index in [0.29, 0.717) is 5.41 Å². The first-order chi connectivity index (χ1) is 5.54. The van der Waals surface area contributed by atoms with Crippen LogP contribution in [0, 0.1) is 18.3 Å². The Hall–Kier alpha value is 0. The third-order valence-corrected chi connectivity index (χ3v) is 3.15. The molecular formula is C12H25. The second-order valence-electron chi connectivity index (χ2n) is 4.64. The summed E-state index contributed by atoms with van der Waals surface area (Å²) in [6.07, 6.45) is 6.41. The zero-order valence-corrected chi connectivity index (χ0v) is 9.32. The summed E-state index contributed by atoms with van der Waals surface area (Å²) < 4.78 is 0. The van der Waals surface area contributed by atoms with Gasteiger partial charge in [-0.1, -0.05) is 60.3 Å². The standard InChI is InChI=1S/C12H25/c1-6-8-10-12(4,5)11(3)9-7-2/h11H,2,6-10H2,1,3-5H3. The van der Waals surface area contributed by atoms with Gasteiger partial charge in [0.15, 0.2) is 0 Å². The molecule has 0 bridgehead atoms. The molecule has 1 radical (unpaired) electrons. The van der Waals surface area contributed by atoms with Crippen molar-refractivity contribution in [3.05, 3.63) is 6.92 Å². The molecule has 0 saturated heterocycles. The first-order valence-corrected chi connectivity index (χ1v) is 5.33. The predicted octanol–water partition coefficient (Wildman–Crippen LogP) is 4.45. The third kappa shape index (κ3) is 4.13. The molecule has 0 aromatic heterocycles. The summed E-state index contributed by atoms with van der Waals surface area (Å²) in [7, 11) is 0. The lowest BCUT2D eigenvalue weighted by molar-refractivity contribution is 0.196. The van der Waals surface area contributed by atoms with E-state index in [9.17, 15) is 0 Å². The maximum atomic E-state index is 3.92. The first-order valence-electron chi connectivity index (χ1n) is 5.33. The van der Waals surface area contributed by atoms with E-state index >= 15 is 0 Å². The highest BCUT2D eigenvalue weighted by Crippen LogP contribution is 2.34. The van der Waals surface area contributed by atoms with Crippen molar-refractivity contribution in [3.63, 3.8) is 0 Å². The van der Waals surface area contributed by atoms with Crippen molar-refractivity contribution in [1.29, 1.82) is 0 Å². The summed E-state index contributed by atoms with van der Waals surface area (Å²) in [6, 6.07) is 0. The molecule has 0 spiro atoms. The van der Waals surface area contributed by atoms with Gasteiger partial charge in [0.1, 0.15) is 0 Å². The summed E-state index contributed by atoms with van der Waals surface area (Å²) in [5, 5.41) is 0. The van der Waals surface area contributed by atoms with Gasteiger partial charge in [-0.15, -0.1) is 0 Å². The molecule has 0 rings (SSSR count). The van der Waals surface area contributed by atoms with Crippen LogP contribution in [0.25, 0.3) is 0 Å². The summed E-state index contributed by atoms with van der Waals surface area (Å²) in [6.45, 7) is 13.3. The molecule has 0 saturated carbocycles. The van der Waals surface area contributed by atoms with Crippen molar-refractivity contribution < 1.29 is 0 Å². The normalized spacial score (nSPS) is 14.8. The molecule has 1 atom stereocenters. The maximum absolute atomic E-state index is 3.92. The van der Waals surface area contributed by atoms with Crippen molar-refractivity contribution >= 4 is 0 Å². The van der Waals surface area contributed by atoms with E-state index in [1.165, 1.54) is 25.7 Å². The lowest BCUT2D eigenvalue weighted by Crippen LogP contribution is -2.21. The van der Waals surface area contributed by atoms with Gasteiger partial charge in [-0.05, 0) is 17.8 Å². The van der Waals surface area contributed by atoms with Gasteiger partial charge >= 0.3 is 0 Å². The summed E-state index contributed by atoms with van der Waals surface area (Å²) in [5.74, 6) is 0.821. The highest BCUT2D eigenvalue weighted by Gasteiger charge is 2.23. The molecule has 0 heteroatoms. The molecule has 0 N–H and O–H groups in total. The van der Waals surface area contributed by atoms with Crippen molar-refractivity contribution in [2.75, 3.05) is 0 Å². The topological polar surface area (TPSA) is 0 Å². The number of rotatable bonds is 6. The predicted molar refractivity (Wildman–Crippen MR) is 57.1 cm³/mol. The van der Waals surface area contributed by atoms with Crippen molar-refractivity contribution in [3.8, 4) is 0 Å². The summed E-state index contributed by atoms with van der Waals surface area (Å²) in [5.41, 5.74) is 0.522. The fraction of sp³-hybridized carbons (Fsp3) is 0.917. The van der Waals surface area contributed by atoms with E-state index in [1.807, 2.05) is 0 Å². The SMILES string of the molecule is [CH2]CCC(C)C(C)(C)CCCC. The molecule has 73 valence electrons. The molecule has 0 aromatic carbocycles. The minimum absolute atomic E-state index is 0.522. The number of hydrogen-bond donors (Lipinski definition) is 0. The van der Waals surface area contributed by atoms with E-state index in [1.54, 1.807) is 0 Å². The lowest BCUT2D eigenvalue weighted by Gasteiger charge is -2.31. The van der Waals surface area contributed by atoms with Gasteiger partial charge in [0.2, 0.25) is 0 Å². The van der Waals surface area contributed by atoms with Crippen LogP contribution < -0.4 is 0 Å². The smallest absolute Gasteiger partial charge is 0.0329 e. The Morgan fingerprint density at radius 1 is 1.33 bits per heavy atom. The Morgan fingerprint density at radius 3 is 2.33 bits per heavy atom. The van der Waals surface area contributed by atoms with Crippen molar-refractivity contribution in [2.24, 2.45) is 11.3 Å². The lowest BCUT2D eigenvalue weighted by atomic mass is 9.74. The monoisotopic (exact) mass is 169 g/mol. The zero-order valence-electron chi connectivity index (χ0n) is 9.32. The maximum Gasteiger partial charge on any atom is -0.0329 e. The van der Waals surface area contributed by atoms with Gasteiger partial charge in [0, 0.05) is 0 Å². The van der Waals surface area contributed by atoms with E-state index in [2.05, 4.69) is 34.6 Å². The van der Waals surface area contributed by atoms with E-state index in [4.69, 9.17) is 0 Å². The fourth-order valence-electron chi connectivity index (χ4n) is 1.58. The Balaban J connectivity index is 3.81. The molecule has 0 nitrogen and oxygen atoms in total. The van der Waals surface area contributed by atoms with Gasteiger partial charge in [-0.25, -0.2) is 0 Å². The highest BCUT2D eigenvalue weighted by molar-refractivity contribution is 4.75. The van der Waals surface area contributed by atoms with E-state index < -0.39 is 0 Å². The second-order valence-corrected chi connectivity index (χ2v) is 4.64. The molecule has 0 aromatic rings. The molecule has 0 aliphatic carbocycles. The average molecular weight is 169 g/mol. The van der Waals surface area contributed by atoms with Gasteiger partial charge in [-0.2, -0.15) is 0 Å². The zero-order chi connectivity index (χ0) is 9.61. The van der Waals surface area contributed by atoms with Crippen LogP contribution >= 0.6 is 0 Å². The quantitative estimate of drug-likeness (QED) is 0.551. The molecule has 12 heavy (non-hydrogen) atoms. The molecule has 0 aliphatic rings. The Labute approximate surface area is 78.8 Å². The molecule has 0 amide bonds. The van der Waals surface area contributed by atoms with Crippen LogP contribution in [0.1, 0.15) is 59.8 Å². The summed E-state index contributed by atoms with van der Waals surface area (Å²) in [4.78, 5) is 0. The first kappa shape index (κ1) is 12.0. The van der Waals surface area contributed by atoms with Gasteiger partial charge < -0.3 is 0 Å². The van der Waals surface area contributed by atoms with Gasteiger partial charge in [0.05, 0.1) is 0 Å². The van der Waals surface area contributed by atoms with Crippen LogP contribution in [0.4, 0.5) is 0 Å². The average Bonchev–Trinajstić information content (AvgIpc) is 2.01.